The molecule has 1 fully saturated rings. The summed E-state index contributed by atoms with van der Waals surface area (Å²) in [6.07, 6.45) is 0. The van der Waals surface area contributed by atoms with Crippen molar-refractivity contribution in [2.45, 2.75) is 4.90 Å². The van der Waals surface area contributed by atoms with Gasteiger partial charge in [0.2, 0.25) is 15.8 Å². The monoisotopic (exact) mass is 493 g/mol. The van der Waals surface area contributed by atoms with Gasteiger partial charge in [0, 0.05) is 31.9 Å². The number of aromatic nitrogens is 1. The number of hydrogen-bond donors (Lipinski definition) is 2. The Balaban J connectivity index is 1.51. The molecule has 8 nitrogen and oxygen atoms in total. The molecule has 4 rings (SSSR count). The summed E-state index contributed by atoms with van der Waals surface area (Å²) in [6, 6.07) is 9.24. The van der Waals surface area contributed by atoms with Crippen LogP contribution in [0.5, 0.6) is 0 Å². The highest BCUT2D eigenvalue weighted by atomic mass is 32.2. The zero-order chi connectivity index (χ0) is 23.8. The van der Waals surface area contributed by atoms with E-state index in [4.69, 9.17) is 5.73 Å². The second kappa shape index (κ2) is 9.14. The number of piperazine rings is 1. The number of benzene rings is 2. The fourth-order valence-corrected chi connectivity index (χ4v) is 5.66. The standard InChI is InChI=1S/C21H21F2N5O3S2/c1-27-9-11-28(12-10-27)33(30,31)14-7-5-13(6-8-14)25-21-26-20(24)19(32-21)18(29)17-15(22)3-2-4-16(17)23/h2-8H,9-12,24H2,1H3,(H,25,26). The number of nitrogens with one attached hydrogen (secondary N) is 1. The van der Waals surface area contributed by atoms with E-state index in [9.17, 15) is 22.0 Å². The van der Waals surface area contributed by atoms with E-state index in [1.165, 1.54) is 16.4 Å². The van der Waals surface area contributed by atoms with Gasteiger partial charge in [-0.15, -0.1) is 0 Å². The maximum Gasteiger partial charge on any atom is 0.243 e. The summed E-state index contributed by atoms with van der Waals surface area (Å²) in [5.41, 5.74) is 5.63. The van der Waals surface area contributed by atoms with Crippen molar-refractivity contribution < 1.29 is 22.0 Å². The van der Waals surface area contributed by atoms with Gasteiger partial charge in [-0.2, -0.15) is 4.31 Å². The normalized spacial score (nSPS) is 15.5. The van der Waals surface area contributed by atoms with Crippen LogP contribution in [0.3, 0.4) is 0 Å². The van der Waals surface area contributed by atoms with Gasteiger partial charge in [0.1, 0.15) is 22.3 Å². The molecule has 0 aliphatic carbocycles. The lowest BCUT2D eigenvalue weighted by Gasteiger charge is -2.31. The molecule has 0 radical (unpaired) electrons. The number of sulfonamides is 1. The minimum atomic E-state index is -3.60. The average Bonchev–Trinajstić information content (AvgIpc) is 3.14. The first-order valence-electron chi connectivity index (χ1n) is 9.97. The van der Waals surface area contributed by atoms with Crippen molar-refractivity contribution in [3.63, 3.8) is 0 Å². The summed E-state index contributed by atoms with van der Waals surface area (Å²) in [5, 5.41) is 3.16. The van der Waals surface area contributed by atoms with Gasteiger partial charge in [-0.25, -0.2) is 22.2 Å². The van der Waals surface area contributed by atoms with Crippen molar-refractivity contribution in [2.24, 2.45) is 0 Å². The molecule has 0 unspecified atom stereocenters. The Labute approximate surface area is 193 Å². The minimum Gasteiger partial charge on any atom is -0.382 e. The van der Waals surface area contributed by atoms with Crippen LogP contribution in [-0.4, -0.2) is 61.6 Å². The lowest BCUT2D eigenvalue weighted by molar-refractivity contribution is 0.103. The number of anilines is 3. The number of nitrogens with zero attached hydrogens (tertiary/aromatic N) is 3. The average molecular weight is 494 g/mol. The number of nitrogens with two attached hydrogens (primary N) is 1. The number of halogens is 2. The van der Waals surface area contributed by atoms with Crippen LogP contribution in [0.1, 0.15) is 15.2 Å². The number of nitrogen functional groups attached to an aromatic ring is 1. The summed E-state index contributed by atoms with van der Waals surface area (Å²) in [5.74, 6) is -3.04. The molecule has 2 heterocycles. The number of likely N-dealkylation sites (N-methyl/N-ethyl adjacent to an activating group) is 1. The maximum absolute atomic E-state index is 14.0. The van der Waals surface area contributed by atoms with Gasteiger partial charge in [0.25, 0.3) is 0 Å². The first-order chi connectivity index (χ1) is 15.7. The van der Waals surface area contributed by atoms with E-state index in [0.717, 1.165) is 29.5 Å². The van der Waals surface area contributed by atoms with Crippen LogP contribution in [0.2, 0.25) is 0 Å². The molecule has 3 N–H and O–H groups in total. The molecule has 0 bridgehead atoms. The molecule has 12 heteroatoms. The molecule has 1 aliphatic heterocycles. The predicted molar refractivity (Wildman–Crippen MR) is 122 cm³/mol. The molecule has 3 aromatic rings. The van der Waals surface area contributed by atoms with E-state index in [1.807, 2.05) is 7.05 Å². The quantitative estimate of drug-likeness (QED) is 0.508. The van der Waals surface area contributed by atoms with Crippen LogP contribution in [0, 0.1) is 11.6 Å². The van der Waals surface area contributed by atoms with Gasteiger partial charge in [0.05, 0.1) is 10.5 Å². The molecule has 1 aliphatic rings. The molecular weight excluding hydrogens is 472 g/mol. The first kappa shape index (κ1) is 23.2. The third-order valence-electron chi connectivity index (χ3n) is 5.26. The Kier molecular flexibility index (Phi) is 6.43. The van der Waals surface area contributed by atoms with Gasteiger partial charge in [-0.05, 0) is 43.4 Å². The Morgan fingerprint density at radius 1 is 1.06 bits per heavy atom. The van der Waals surface area contributed by atoms with Gasteiger partial charge in [-0.3, -0.25) is 4.79 Å². The summed E-state index contributed by atoms with van der Waals surface area (Å²) in [6.45, 7) is 2.19. The van der Waals surface area contributed by atoms with Crippen molar-refractivity contribution in [3.8, 4) is 0 Å². The van der Waals surface area contributed by atoms with E-state index in [1.54, 1.807) is 12.1 Å². The first-order valence-corrected chi connectivity index (χ1v) is 12.2. The Bertz CT molecular complexity index is 1270. The third-order valence-corrected chi connectivity index (χ3v) is 8.15. The molecular formula is C21H21F2N5O3S2. The number of carbonyl (C=O) groups excluding carboxylic acids is 1. The molecule has 1 aromatic heterocycles. The number of carbonyl (C=O) groups is 1. The molecule has 2 aromatic carbocycles. The number of ketones is 1. The van der Waals surface area contributed by atoms with E-state index < -0.39 is 33.0 Å². The highest BCUT2D eigenvalue weighted by Gasteiger charge is 2.27. The summed E-state index contributed by atoms with van der Waals surface area (Å²) >= 11 is 0.846. The zero-order valence-electron chi connectivity index (χ0n) is 17.6. The largest absolute Gasteiger partial charge is 0.382 e. The number of thiazole rings is 1. The minimum absolute atomic E-state index is 0.101. The van der Waals surface area contributed by atoms with E-state index >= 15 is 0 Å². The van der Waals surface area contributed by atoms with Gasteiger partial charge >= 0.3 is 0 Å². The molecule has 0 spiro atoms. The van der Waals surface area contributed by atoms with Crippen LogP contribution in [-0.2, 0) is 10.0 Å². The molecule has 0 amide bonds. The third kappa shape index (κ3) is 4.74. The number of hydrogen-bond acceptors (Lipinski definition) is 8. The second-order valence-corrected chi connectivity index (χ2v) is 10.5. The highest BCUT2D eigenvalue weighted by Crippen LogP contribution is 2.31. The second-order valence-electron chi connectivity index (χ2n) is 7.52. The highest BCUT2D eigenvalue weighted by molar-refractivity contribution is 7.89. The summed E-state index contributed by atoms with van der Waals surface area (Å²) in [4.78, 5) is 18.8. The molecule has 0 atom stereocenters. The lowest BCUT2D eigenvalue weighted by atomic mass is 10.1. The van der Waals surface area contributed by atoms with Crippen LogP contribution in [0.4, 0.5) is 25.4 Å². The fraction of sp³-hybridized carbons (Fsp3) is 0.238. The smallest absolute Gasteiger partial charge is 0.243 e. The zero-order valence-corrected chi connectivity index (χ0v) is 19.2. The molecule has 33 heavy (non-hydrogen) atoms. The van der Waals surface area contributed by atoms with Crippen LogP contribution in [0.25, 0.3) is 0 Å². The fourth-order valence-electron chi connectivity index (χ4n) is 3.39. The Morgan fingerprint density at radius 3 is 2.27 bits per heavy atom. The molecule has 0 saturated carbocycles. The lowest BCUT2D eigenvalue weighted by Crippen LogP contribution is -2.46. The van der Waals surface area contributed by atoms with Crippen LogP contribution >= 0.6 is 11.3 Å². The Morgan fingerprint density at radius 2 is 1.67 bits per heavy atom. The van der Waals surface area contributed by atoms with Gasteiger partial charge in [-0.1, -0.05) is 17.4 Å². The summed E-state index contributed by atoms with van der Waals surface area (Å²) < 4.78 is 55.1. The van der Waals surface area contributed by atoms with E-state index in [-0.39, 0.29) is 20.7 Å². The van der Waals surface area contributed by atoms with Crippen LogP contribution in [0.15, 0.2) is 47.4 Å². The topological polar surface area (TPSA) is 109 Å². The van der Waals surface area contributed by atoms with Crippen molar-refractivity contribution in [2.75, 3.05) is 44.3 Å². The SMILES string of the molecule is CN1CCN(S(=O)(=O)c2ccc(Nc3nc(N)c(C(=O)c4c(F)cccc4F)s3)cc2)CC1. The van der Waals surface area contributed by atoms with Crippen molar-refractivity contribution in [3.05, 3.63) is 64.5 Å². The predicted octanol–water partition coefficient (Wildman–Crippen LogP) is 2.91. The van der Waals surface area contributed by atoms with E-state index in [2.05, 4.69) is 15.2 Å². The van der Waals surface area contributed by atoms with Gasteiger partial charge < -0.3 is 16.0 Å². The van der Waals surface area contributed by atoms with Crippen molar-refractivity contribution in [1.29, 1.82) is 0 Å². The molecule has 1 saturated heterocycles. The number of rotatable bonds is 6. The van der Waals surface area contributed by atoms with E-state index in [0.29, 0.717) is 31.9 Å². The molecule has 174 valence electrons. The summed E-state index contributed by atoms with van der Waals surface area (Å²) in [7, 11) is -1.65. The maximum atomic E-state index is 14.0. The van der Waals surface area contributed by atoms with Crippen LogP contribution < -0.4 is 11.1 Å². The van der Waals surface area contributed by atoms with Crippen molar-refractivity contribution in [1.82, 2.24) is 14.2 Å². The Hall–Kier alpha value is -2.93. The van der Waals surface area contributed by atoms with Gasteiger partial charge in [0.15, 0.2) is 5.13 Å². The van der Waals surface area contributed by atoms with Crippen molar-refractivity contribution >= 4 is 43.8 Å².